The fourth-order valence-corrected chi connectivity index (χ4v) is 2.96. The van der Waals surface area contributed by atoms with Crippen LogP contribution in [0.15, 0.2) is 29.3 Å². The van der Waals surface area contributed by atoms with Crippen molar-refractivity contribution in [1.82, 2.24) is 4.98 Å². The van der Waals surface area contributed by atoms with E-state index in [0.29, 0.717) is 10.9 Å². The van der Waals surface area contributed by atoms with Crippen LogP contribution < -0.4 is 0 Å². The summed E-state index contributed by atoms with van der Waals surface area (Å²) in [5, 5.41) is 0. The molecule has 0 atom stereocenters. The molecule has 6 heteroatoms. The standard InChI is InChI=1S/C10H11BrFNO2S/c1-2-3-6-16(14,15)7-9-8(11)4-5-10(12)13-9/h2,4-5H,1,3,6-7H2. The van der Waals surface area contributed by atoms with Crippen LogP contribution in [0, 0.1) is 5.95 Å². The second kappa shape index (κ2) is 5.54. The summed E-state index contributed by atoms with van der Waals surface area (Å²) in [6, 6.07) is 2.62. The molecule has 0 N–H and O–H groups in total. The Kier molecular flexibility index (Phi) is 4.61. The van der Waals surface area contributed by atoms with E-state index >= 15 is 0 Å². The molecular weight excluding hydrogens is 297 g/mol. The zero-order valence-corrected chi connectivity index (χ0v) is 10.9. The van der Waals surface area contributed by atoms with Gasteiger partial charge in [0.1, 0.15) is 0 Å². The Labute approximate surface area is 102 Å². The van der Waals surface area contributed by atoms with E-state index in [4.69, 9.17) is 0 Å². The highest BCUT2D eigenvalue weighted by Gasteiger charge is 2.15. The van der Waals surface area contributed by atoms with E-state index in [-0.39, 0.29) is 17.2 Å². The van der Waals surface area contributed by atoms with Crippen molar-refractivity contribution in [3.05, 3.63) is 40.9 Å². The molecule has 0 radical (unpaired) electrons. The van der Waals surface area contributed by atoms with Crippen molar-refractivity contribution in [1.29, 1.82) is 0 Å². The van der Waals surface area contributed by atoms with Gasteiger partial charge in [-0.15, -0.1) is 6.58 Å². The lowest BCUT2D eigenvalue weighted by Crippen LogP contribution is -2.10. The van der Waals surface area contributed by atoms with Gasteiger partial charge in [0.25, 0.3) is 0 Å². The summed E-state index contributed by atoms with van der Waals surface area (Å²) in [6.07, 6.45) is 1.92. The first-order valence-electron chi connectivity index (χ1n) is 4.57. The molecular formula is C10H11BrFNO2S. The molecule has 0 saturated carbocycles. The molecule has 1 aromatic heterocycles. The number of pyridine rings is 1. The van der Waals surface area contributed by atoms with Crippen LogP contribution in [-0.4, -0.2) is 19.2 Å². The monoisotopic (exact) mass is 307 g/mol. The maximum atomic E-state index is 12.8. The van der Waals surface area contributed by atoms with Crippen molar-refractivity contribution < 1.29 is 12.8 Å². The number of rotatable bonds is 5. The molecule has 0 aliphatic rings. The number of allylic oxidation sites excluding steroid dienone is 1. The van der Waals surface area contributed by atoms with Crippen molar-refractivity contribution in [2.45, 2.75) is 12.2 Å². The number of sulfone groups is 1. The molecule has 1 aromatic rings. The quantitative estimate of drug-likeness (QED) is 0.620. The highest BCUT2D eigenvalue weighted by Crippen LogP contribution is 2.17. The van der Waals surface area contributed by atoms with Crippen LogP contribution >= 0.6 is 15.9 Å². The van der Waals surface area contributed by atoms with Crippen LogP contribution in [0.25, 0.3) is 0 Å². The van der Waals surface area contributed by atoms with Gasteiger partial charge in [-0.1, -0.05) is 6.08 Å². The van der Waals surface area contributed by atoms with Crippen molar-refractivity contribution in [2.24, 2.45) is 0 Å². The molecule has 0 aromatic carbocycles. The Balaban J connectivity index is 2.87. The predicted octanol–water partition coefficient (Wildman–Crippen LogP) is 2.47. The number of nitrogens with zero attached hydrogens (tertiary/aromatic N) is 1. The predicted molar refractivity (Wildman–Crippen MR) is 64.2 cm³/mol. The first-order valence-corrected chi connectivity index (χ1v) is 7.18. The van der Waals surface area contributed by atoms with Crippen LogP contribution in [0.5, 0.6) is 0 Å². The lowest BCUT2D eigenvalue weighted by atomic mass is 10.4. The number of aromatic nitrogens is 1. The van der Waals surface area contributed by atoms with Crippen LogP contribution in [0.4, 0.5) is 4.39 Å². The Morgan fingerprint density at radius 1 is 1.50 bits per heavy atom. The maximum Gasteiger partial charge on any atom is 0.213 e. The van der Waals surface area contributed by atoms with Gasteiger partial charge in [0.05, 0.1) is 17.2 Å². The SMILES string of the molecule is C=CCCS(=O)(=O)Cc1nc(F)ccc1Br. The zero-order chi connectivity index (χ0) is 12.2. The van der Waals surface area contributed by atoms with Gasteiger partial charge >= 0.3 is 0 Å². The third-order valence-electron chi connectivity index (χ3n) is 1.87. The molecule has 16 heavy (non-hydrogen) atoms. The third kappa shape index (κ3) is 4.02. The van der Waals surface area contributed by atoms with Crippen molar-refractivity contribution >= 4 is 25.8 Å². The molecule has 0 unspecified atom stereocenters. The van der Waals surface area contributed by atoms with Gasteiger partial charge in [0.15, 0.2) is 9.84 Å². The first kappa shape index (κ1) is 13.3. The van der Waals surface area contributed by atoms with Crippen molar-refractivity contribution in [3.63, 3.8) is 0 Å². The highest BCUT2D eigenvalue weighted by molar-refractivity contribution is 9.10. The zero-order valence-electron chi connectivity index (χ0n) is 8.49. The summed E-state index contributed by atoms with van der Waals surface area (Å²) < 4.78 is 36.5. The van der Waals surface area contributed by atoms with Gasteiger partial charge in [-0.2, -0.15) is 4.39 Å². The Morgan fingerprint density at radius 2 is 2.19 bits per heavy atom. The van der Waals surface area contributed by atoms with Crippen LogP contribution in [-0.2, 0) is 15.6 Å². The lowest BCUT2D eigenvalue weighted by Gasteiger charge is -2.04. The van der Waals surface area contributed by atoms with Crippen molar-refractivity contribution in [2.75, 3.05) is 5.75 Å². The van der Waals surface area contributed by atoms with E-state index in [9.17, 15) is 12.8 Å². The molecule has 1 rings (SSSR count). The minimum Gasteiger partial charge on any atom is -0.228 e. The van der Waals surface area contributed by atoms with Gasteiger partial charge in [0.2, 0.25) is 5.95 Å². The lowest BCUT2D eigenvalue weighted by molar-refractivity contribution is 0.574. The average Bonchev–Trinajstić information content (AvgIpc) is 2.20. The van der Waals surface area contributed by atoms with E-state index in [1.54, 1.807) is 0 Å². The number of halogens is 2. The van der Waals surface area contributed by atoms with Crippen LogP contribution in [0.2, 0.25) is 0 Å². The van der Waals surface area contributed by atoms with Crippen LogP contribution in [0.1, 0.15) is 12.1 Å². The minimum atomic E-state index is -3.27. The molecule has 0 saturated heterocycles. The molecule has 0 aliphatic carbocycles. The van der Waals surface area contributed by atoms with E-state index in [1.165, 1.54) is 18.2 Å². The molecule has 0 bridgehead atoms. The van der Waals surface area contributed by atoms with Crippen LogP contribution in [0.3, 0.4) is 0 Å². The summed E-state index contributed by atoms with van der Waals surface area (Å²) in [5.74, 6) is -0.947. The van der Waals surface area contributed by atoms with E-state index in [1.807, 2.05) is 0 Å². The molecule has 0 aliphatic heterocycles. The molecule has 0 spiro atoms. The second-order valence-corrected chi connectivity index (χ2v) is 6.27. The topological polar surface area (TPSA) is 47.0 Å². The van der Waals surface area contributed by atoms with Gasteiger partial charge < -0.3 is 0 Å². The molecule has 88 valence electrons. The maximum absolute atomic E-state index is 12.8. The van der Waals surface area contributed by atoms with Gasteiger partial charge in [-0.3, -0.25) is 0 Å². The summed E-state index contributed by atoms with van der Waals surface area (Å²) >= 11 is 3.14. The summed E-state index contributed by atoms with van der Waals surface area (Å²) in [6.45, 7) is 3.45. The Morgan fingerprint density at radius 3 is 2.81 bits per heavy atom. The summed E-state index contributed by atoms with van der Waals surface area (Å²) in [4.78, 5) is 3.55. The molecule has 3 nitrogen and oxygen atoms in total. The fraction of sp³-hybridized carbons (Fsp3) is 0.300. The Hall–Kier alpha value is -0.750. The normalized spacial score (nSPS) is 11.4. The first-order chi connectivity index (χ1) is 7.44. The summed E-state index contributed by atoms with van der Waals surface area (Å²) in [7, 11) is -3.27. The minimum absolute atomic E-state index is 0.00112. The van der Waals surface area contributed by atoms with Gasteiger partial charge in [-0.05, 0) is 34.5 Å². The van der Waals surface area contributed by atoms with Crippen molar-refractivity contribution in [3.8, 4) is 0 Å². The molecule has 0 amide bonds. The molecule has 0 fully saturated rings. The second-order valence-electron chi connectivity index (χ2n) is 3.23. The average molecular weight is 308 g/mol. The Bertz CT molecular complexity index is 488. The number of hydrogen-bond donors (Lipinski definition) is 0. The smallest absolute Gasteiger partial charge is 0.213 e. The van der Waals surface area contributed by atoms with Gasteiger partial charge in [-0.25, -0.2) is 13.4 Å². The number of hydrogen-bond acceptors (Lipinski definition) is 3. The fourth-order valence-electron chi connectivity index (χ4n) is 1.10. The van der Waals surface area contributed by atoms with E-state index < -0.39 is 15.8 Å². The summed E-state index contributed by atoms with van der Waals surface area (Å²) in [5.41, 5.74) is 0.198. The largest absolute Gasteiger partial charge is 0.228 e. The highest BCUT2D eigenvalue weighted by atomic mass is 79.9. The molecule has 1 heterocycles. The van der Waals surface area contributed by atoms with Gasteiger partial charge in [0, 0.05) is 4.47 Å². The van der Waals surface area contributed by atoms with E-state index in [2.05, 4.69) is 27.5 Å². The van der Waals surface area contributed by atoms with E-state index in [0.717, 1.165) is 0 Å². The third-order valence-corrected chi connectivity index (χ3v) is 4.17.